The topological polar surface area (TPSA) is 40.6 Å². The predicted octanol–water partition coefficient (Wildman–Crippen LogP) is 2.78. The predicted molar refractivity (Wildman–Crippen MR) is 87.9 cm³/mol. The van der Waals surface area contributed by atoms with Gasteiger partial charge in [0.25, 0.3) is 5.91 Å². The summed E-state index contributed by atoms with van der Waals surface area (Å²) in [5.74, 6) is 0.288. The molecule has 4 heteroatoms. The second-order valence-electron chi connectivity index (χ2n) is 6.08. The minimum atomic E-state index is 0.0768. The normalized spacial score (nSPS) is 15.6. The smallest absolute Gasteiger partial charge is 0.253 e. The van der Waals surface area contributed by atoms with Crippen molar-refractivity contribution < 1.29 is 9.59 Å². The summed E-state index contributed by atoms with van der Waals surface area (Å²) in [4.78, 5) is 28.4. The summed E-state index contributed by atoms with van der Waals surface area (Å²) in [6.45, 7) is 8.85. The van der Waals surface area contributed by atoms with E-state index in [1.165, 1.54) is 5.56 Å². The van der Waals surface area contributed by atoms with Crippen molar-refractivity contribution in [3.8, 4) is 0 Å². The summed E-state index contributed by atoms with van der Waals surface area (Å²) in [6, 6.07) is 5.86. The monoisotopic (exact) mass is 302 g/mol. The summed E-state index contributed by atoms with van der Waals surface area (Å²) in [6.07, 6.45) is 2.33. The van der Waals surface area contributed by atoms with Crippen molar-refractivity contribution in [2.24, 2.45) is 0 Å². The highest BCUT2D eigenvalue weighted by Gasteiger charge is 2.22. The van der Waals surface area contributed by atoms with E-state index in [-0.39, 0.29) is 11.8 Å². The van der Waals surface area contributed by atoms with E-state index in [1.807, 2.05) is 48.8 Å². The molecule has 0 saturated carbocycles. The van der Waals surface area contributed by atoms with Crippen LogP contribution in [0.5, 0.6) is 0 Å². The van der Waals surface area contributed by atoms with Gasteiger partial charge < -0.3 is 9.80 Å². The molecule has 22 heavy (non-hydrogen) atoms. The number of nitrogens with zero attached hydrogens (tertiary/aromatic N) is 2. The van der Waals surface area contributed by atoms with E-state index < -0.39 is 0 Å². The number of hydrogen-bond acceptors (Lipinski definition) is 2. The third-order valence-electron chi connectivity index (χ3n) is 4.35. The van der Waals surface area contributed by atoms with Crippen LogP contribution in [0.3, 0.4) is 0 Å². The summed E-state index contributed by atoms with van der Waals surface area (Å²) >= 11 is 0. The summed E-state index contributed by atoms with van der Waals surface area (Å²) < 4.78 is 0. The molecule has 1 aromatic rings. The number of aryl methyl sites for hydroxylation is 2. The zero-order chi connectivity index (χ0) is 16.1. The van der Waals surface area contributed by atoms with Crippen molar-refractivity contribution in [3.63, 3.8) is 0 Å². The Hall–Kier alpha value is -1.84. The van der Waals surface area contributed by atoms with Crippen molar-refractivity contribution in [2.45, 2.75) is 40.0 Å². The lowest BCUT2D eigenvalue weighted by Gasteiger charge is -2.22. The van der Waals surface area contributed by atoms with Gasteiger partial charge in [-0.3, -0.25) is 9.59 Å². The highest BCUT2D eigenvalue weighted by molar-refractivity contribution is 5.94. The Balaban J connectivity index is 2.02. The standard InChI is InChI=1S/C18H26N2O2/c1-4-6-17(21)19-9-5-10-20(12-11-19)18(22)16-8-7-14(2)15(3)13-16/h7-8,13H,4-6,9-12H2,1-3H3. The maximum absolute atomic E-state index is 12.6. The minimum absolute atomic E-state index is 0.0768. The van der Waals surface area contributed by atoms with E-state index >= 15 is 0 Å². The van der Waals surface area contributed by atoms with Gasteiger partial charge in [-0.15, -0.1) is 0 Å². The molecular formula is C18H26N2O2. The molecule has 0 atom stereocenters. The van der Waals surface area contributed by atoms with E-state index in [2.05, 4.69) is 0 Å². The van der Waals surface area contributed by atoms with Crippen molar-refractivity contribution in [1.82, 2.24) is 9.80 Å². The molecule has 0 N–H and O–H groups in total. The number of benzene rings is 1. The first-order valence-corrected chi connectivity index (χ1v) is 8.17. The Bertz CT molecular complexity index is 554. The van der Waals surface area contributed by atoms with E-state index in [1.54, 1.807) is 0 Å². The molecule has 1 aliphatic heterocycles. The van der Waals surface area contributed by atoms with Crippen LogP contribution < -0.4 is 0 Å². The van der Waals surface area contributed by atoms with Gasteiger partial charge >= 0.3 is 0 Å². The van der Waals surface area contributed by atoms with Crippen LogP contribution in [-0.4, -0.2) is 47.8 Å². The lowest BCUT2D eigenvalue weighted by Crippen LogP contribution is -2.37. The van der Waals surface area contributed by atoms with E-state index in [0.29, 0.717) is 19.5 Å². The van der Waals surface area contributed by atoms with Crippen molar-refractivity contribution >= 4 is 11.8 Å². The maximum atomic E-state index is 12.6. The Morgan fingerprint density at radius 3 is 2.36 bits per heavy atom. The van der Waals surface area contributed by atoms with Crippen LogP contribution in [0.2, 0.25) is 0 Å². The average Bonchev–Trinajstić information content (AvgIpc) is 2.75. The molecule has 1 saturated heterocycles. The fourth-order valence-corrected chi connectivity index (χ4v) is 2.80. The van der Waals surface area contributed by atoms with Crippen LogP contribution in [0.4, 0.5) is 0 Å². The molecular weight excluding hydrogens is 276 g/mol. The van der Waals surface area contributed by atoms with E-state index in [4.69, 9.17) is 0 Å². The Morgan fingerprint density at radius 1 is 1.00 bits per heavy atom. The molecule has 1 fully saturated rings. The molecule has 0 aliphatic carbocycles. The van der Waals surface area contributed by atoms with Crippen molar-refractivity contribution in [3.05, 3.63) is 34.9 Å². The van der Waals surface area contributed by atoms with Gasteiger partial charge in [0.15, 0.2) is 0 Å². The molecule has 0 unspecified atom stereocenters. The lowest BCUT2D eigenvalue weighted by molar-refractivity contribution is -0.131. The first-order chi connectivity index (χ1) is 10.5. The SMILES string of the molecule is CCCC(=O)N1CCCN(C(=O)c2ccc(C)c(C)c2)CC1. The highest BCUT2D eigenvalue weighted by atomic mass is 16.2. The molecule has 4 nitrogen and oxygen atoms in total. The van der Waals surface area contributed by atoms with Gasteiger partial charge in [0.2, 0.25) is 5.91 Å². The number of carbonyl (C=O) groups excluding carboxylic acids is 2. The number of hydrogen-bond donors (Lipinski definition) is 0. The molecule has 1 aliphatic rings. The van der Waals surface area contributed by atoms with Gasteiger partial charge in [0.05, 0.1) is 0 Å². The summed E-state index contributed by atoms with van der Waals surface area (Å²) in [5.41, 5.74) is 3.08. The van der Waals surface area contributed by atoms with Crippen LogP contribution in [-0.2, 0) is 4.79 Å². The highest BCUT2D eigenvalue weighted by Crippen LogP contribution is 2.14. The quantitative estimate of drug-likeness (QED) is 0.861. The molecule has 0 aromatic heterocycles. The minimum Gasteiger partial charge on any atom is -0.341 e. The van der Waals surface area contributed by atoms with Gasteiger partial charge in [0, 0.05) is 38.2 Å². The van der Waals surface area contributed by atoms with Gasteiger partial charge in [-0.05, 0) is 49.9 Å². The lowest BCUT2D eigenvalue weighted by atomic mass is 10.1. The van der Waals surface area contributed by atoms with Gasteiger partial charge in [-0.25, -0.2) is 0 Å². The van der Waals surface area contributed by atoms with Crippen LogP contribution in [0.1, 0.15) is 47.7 Å². The van der Waals surface area contributed by atoms with Gasteiger partial charge in [-0.2, -0.15) is 0 Å². The molecule has 120 valence electrons. The third kappa shape index (κ3) is 3.87. The Kier molecular flexibility index (Phi) is 5.58. The zero-order valence-corrected chi connectivity index (χ0v) is 13.9. The van der Waals surface area contributed by atoms with Crippen LogP contribution in [0.25, 0.3) is 0 Å². The van der Waals surface area contributed by atoms with Crippen LogP contribution >= 0.6 is 0 Å². The molecule has 2 rings (SSSR count). The molecule has 1 heterocycles. The van der Waals surface area contributed by atoms with E-state index in [9.17, 15) is 9.59 Å². The maximum Gasteiger partial charge on any atom is 0.253 e. The fourth-order valence-electron chi connectivity index (χ4n) is 2.80. The largest absolute Gasteiger partial charge is 0.341 e. The summed E-state index contributed by atoms with van der Waals surface area (Å²) in [7, 11) is 0. The second kappa shape index (κ2) is 7.43. The average molecular weight is 302 g/mol. The number of amides is 2. The molecule has 1 aromatic carbocycles. The van der Waals surface area contributed by atoms with Crippen LogP contribution in [0.15, 0.2) is 18.2 Å². The Labute approximate surface area is 133 Å². The van der Waals surface area contributed by atoms with Gasteiger partial charge in [0.1, 0.15) is 0 Å². The Morgan fingerprint density at radius 2 is 1.68 bits per heavy atom. The van der Waals surface area contributed by atoms with Crippen molar-refractivity contribution in [2.75, 3.05) is 26.2 Å². The summed E-state index contributed by atoms with van der Waals surface area (Å²) in [5, 5.41) is 0. The first kappa shape index (κ1) is 16.5. The fraction of sp³-hybridized carbons (Fsp3) is 0.556. The number of carbonyl (C=O) groups is 2. The molecule has 0 bridgehead atoms. The third-order valence-corrected chi connectivity index (χ3v) is 4.35. The number of rotatable bonds is 3. The van der Waals surface area contributed by atoms with Gasteiger partial charge in [-0.1, -0.05) is 13.0 Å². The molecule has 0 spiro atoms. The first-order valence-electron chi connectivity index (χ1n) is 8.17. The van der Waals surface area contributed by atoms with E-state index in [0.717, 1.165) is 37.1 Å². The second-order valence-corrected chi connectivity index (χ2v) is 6.08. The molecule has 2 amide bonds. The molecule has 0 radical (unpaired) electrons. The van der Waals surface area contributed by atoms with Crippen LogP contribution in [0, 0.1) is 13.8 Å². The zero-order valence-electron chi connectivity index (χ0n) is 13.9. The van der Waals surface area contributed by atoms with Crippen molar-refractivity contribution in [1.29, 1.82) is 0 Å².